The summed E-state index contributed by atoms with van der Waals surface area (Å²) in [5.74, 6) is 0.728. The molecule has 0 saturated heterocycles. The minimum Gasteiger partial charge on any atom is -0.327 e. The number of hydrogen-bond donors (Lipinski definition) is 1. The second-order valence-corrected chi connectivity index (χ2v) is 4.42. The molecule has 1 unspecified atom stereocenters. The van der Waals surface area contributed by atoms with Gasteiger partial charge < -0.3 is 5.73 Å². The molecule has 2 nitrogen and oxygen atoms in total. The van der Waals surface area contributed by atoms with E-state index in [2.05, 4.69) is 39.5 Å². The fourth-order valence-corrected chi connectivity index (χ4v) is 1.34. The Balaban J connectivity index is 3.87. The van der Waals surface area contributed by atoms with Crippen LogP contribution in [0.4, 0.5) is 0 Å². The Morgan fingerprint density at radius 2 is 1.50 bits per heavy atom. The standard InChI is InChI=1S/C10H24N2/c1-8(2)6-12(9(3)4)7-10(5)11/h8-10H,6-7,11H2,1-5H3. The number of rotatable bonds is 5. The van der Waals surface area contributed by atoms with Gasteiger partial charge in [0.2, 0.25) is 0 Å². The van der Waals surface area contributed by atoms with Gasteiger partial charge in [-0.05, 0) is 26.7 Å². The second-order valence-electron chi connectivity index (χ2n) is 4.42. The van der Waals surface area contributed by atoms with Crippen molar-refractivity contribution in [3.63, 3.8) is 0 Å². The molecular weight excluding hydrogens is 148 g/mol. The molecule has 74 valence electrons. The van der Waals surface area contributed by atoms with Gasteiger partial charge in [-0.25, -0.2) is 0 Å². The van der Waals surface area contributed by atoms with Gasteiger partial charge in [0.05, 0.1) is 0 Å². The van der Waals surface area contributed by atoms with Crippen LogP contribution in [0.5, 0.6) is 0 Å². The van der Waals surface area contributed by atoms with Crippen LogP contribution in [0, 0.1) is 5.92 Å². The summed E-state index contributed by atoms with van der Waals surface area (Å²) in [4.78, 5) is 2.44. The van der Waals surface area contributed by atoms with E-state index in [1.807, 2.05) is 0 Å². The second kappa shape index (κ2) is 5.55. The summed E-state index contributed by atoms with van der Waals surface area (Å²) >= 11 is 0. The van der Waals surface area contributed by atoms with Gasteiger partial charge in [-0.2, -0.15) is 0 Å². The highest BCUT2D eigenvalue weighted by Crippen LogP contribution is 2.04. The van der Waals surface area contributed by atoms with Gasteiger partial charge in [0.25, 0.3) is 0 Å². The number of nitrogens with zero attached hydrogens (tertiary/aromatic N) is 1. The van der Waals surface area contributed by atoms with E-state index in [4.69, 9.17) is 5.73 Å². The van der Waals surface area contributed by atoms with Crippen LogP contribution in [0.3, 0.4) is 0 Å². The summed E-state index contributed by atoms with van der Waals surface area (Å²) < 4.78 is 0. The summed E-state index contributed by atoms with van der Waals surface area (Å²) in [7, 11) is 0. The summed E-state index contributed by atoms with van der Waals surface area (Å²) in [5, 5.41) is 0. The predicted molar refractivity (Wildman–Crippen MR) is 55.2 cm³/mol. The molecule has 0 aliphatic heterocycles. The van der Waals surface area contributed by atoms with Gasteiger partial charge in [0.1, 0.15) is 0 Å². The molecule has 0 bridgehead atoms. The predicted octanol–water partition coefficient (Wildman–Crippen LogP) is 1.70. The van der Waals surface area contributed by atoms with E-state index in [-0.39, 0.29) is 6.04 Å². The third kappa shape index (κ3) is 5.56. The topological polar surface area (TPSA) is 29.3 Å². The van der Waals surface area contributed by atoms with Gasteiger partial charge in [-0.3, -0.25) is 4.90 Å². The number of hydrogen-bond acceptors (Lipinski definition) is 2. The lowest BCUT2D eigenvalue weighted by Crippen LogP contribution is -2.41. The Labute approximate surface area is 77.1 Å². The van der Waals surface area contributed by atoms with Crippen molar-refractivity contribution in [2.45, 2.75) is 46.7 Å². The molecule has 0 aromatic rings. The van der Waals surface area contributed by atoms with E-state index in [0.29, 0.717) is 6.04 Å². The fraction of sp³-hybridized carbons (Fsp3) is 1.00. The molecule has 0 aliphatic carbocycles. The van der Waals surface area contributed by atoms with Crippen LogP contribution in [0.25, 0.3) is 0 Å². The maximum Gasteiger partial charge on any atom is 0.0139 e. The molecule has 0 aromatic carbocycles. The van der Waals surface area contributed by atoms with Gasteiger partial charge >= 0.3 is 0 Å². The van der Waals surface area contributed by atoms with Crippen LogP contribution in [0.2, 0.25) is 0 Å². The Hall–Kier alpha value is -0.0800. The first-order valence-corrected chi connectivity index (χ1v) is 4.93. The molecule has 0 aliphatic rings. The molecule has 12 heavy (non-hydrogen) atoms. The lowest BCUT2D eigenvalue weighted by atomic mass is 10.1. The maximum atomic E-state index is 5.77. The Kier molecular flexibility index (Phi) is 5.51. The molecule has 0 spiro atoms. The molecular formula is C10H24N2. The average Bonchev–Trinajstić information content (AvgIpc) is 1.83. The van der Waals surface area contributed by atoms with Crippen molar-refractivity contribution in [3.8, 4) is 0 Å². The minimum atomic E-state index is 0.283. The van der Waals surface area contributed by atoms with E-state index < -0.39 is 0 Å². The molecule has 0 saturated carbocycles. The van der Waals surface area contributed by atoms with Gasteiger partial charge in [-0.15, -0.1) is 0 Å². The zero-order chi connectivity index (χ0) is 9.72. The molecule has 0 heterocycles. The van der Waals surface area contributed by atoms with Crippen molar-refractivity contribution in [2.75, 3.05) is 13.1 Å². The molecule has 2 heteroatoms. The highest BCUT2D eigenvalue weighted by Gasteiger charge is 2.12. The number of nitrogens with two attached hydrogens (primary N) is 1. The van der Waals surface area contributed by atoms with Gasteiger partial charge in [-0.1, -0.05) is 13.8 Å². The largest absolute Gasteiger partial charge is 0.327 e. The van der Waals surface area contributed by atoms with Gasteiger partial charge in [0, 0.05) is 25.2 Å². The van der Waals surface area contributed by atoms with Crippen LogP contribution >= 0.6 is 0 Å². The zero-order valence-corrected chi connectivity index (χ0v) is 9.17. The minimum absolute atomic E-state index is 0.283. The summed E-state index contributed by atoms with van der Waals surface area (Å²) in [6, 6.07) is 0.893. The Morgan fingerprint density at radius 1 is 1.00 bits per heavy atom. The highest BCUT2D eigenvalue weighted by atomic mass is 15.2. The van der Waals surface area contributed by atoms with Crippen LogP contribution in [0.15, 0.2) is 0 Å². The van der Waals surface area contributed by atoms with Crippen molar-refractivity contribution < 1.29 is 0 Å². The van der Waals surface area contributed by atoms with Crippen molar-refractivity contribution in [1.82, 2.24) is 4.90 Å². The first-order valence-electron chi connectivity index (χ1n) is 4.93. The third-order valence-electron chi connectivity index (χ3n) is 1.85. The van der Waals surface area contributed by atoms with Crippen molar-refractivity contribution in [2.24, 2.45) is 11.7 Å². The molecule has 0 radical (unpaired) electrons. The molecule has 0 rings (SSSR count). The quantitative estimate of drug-likeness (QED) is 0.684. The van der Waals surface area contributed by atoms with E-state index in [9.17, 15) is 0 Å². The fourth-order valence-electron chi connectivity index (χ4n) is 1.34. The van der Waals surface area contributed by atoms with E-state index >= 15 is 0 Å². The van der Waals surface area contributed by atoms with Crippen LogP contribution in [-0.4, -0.2) is 30.1 Å². The lowest BCUT2D eigenvalue weighted by Gasteiger charge is -2.29. The van der Waals surface area contributed by atoms with Crippen LogP contribution in [-0.2, 0) is 0 Å². The first-order chi connectivity index (χ1) is 5.43. The smallest absolute Gasteiger partial charge is 0.0139 e. The zero-order valence-electron chi connectivity index (χ0n) is 9.17. The average molecular weight is 172 g/mol. The van der Waals surface area contributed by atoms with E-state index in [1.165, 1.54) is 0 Å². The molecule has 0 fully saturated rings. The SMILES string of the molecule is CC(C)CN(CC(C)N)C(C)C. The molecule has 1 atom stereocenters. The normalized spacial score (nSPS) is 14.8. The first kappa shape index (κ1) is 11.9. The van der Waals surface area contributed by atoms with Crippen molar-refractivity contribution >= 4 is 0 Å². The van der Waals surface area contributed by atoms with Crippen LogP contribution < -0.4 is 5.73 Å². The lowest BCUT2D eigenvalue weighted by molar-refractivity contribution is 0.189. The summed E-state index contributed by atoms with van der Waals surface area (Å²) in [6.45, 7) is 13.2. The van der Waals surface area contributed by atoms with Crippen molar-refractivity contribution in [3.05, 3.63) is 0 Å². The Morgan fingerprint density at radius 3 is 1.75 bits per heavy atom. The summed E-state index contributed by atoms with van der Waals surface area (Å²) in [6.07, 6.45) is 0. The summed E-state index contributed by atoms with van der Waals surface area (Å²) in [5.41, 5.74) is 5.77. The van der Waals surface area contributed by atoms with E-state index in [1.54, 1.807) is 0 Å². The third-order valence-corrected chi connectivity index (χ3v) is 1.85. The van der Waals surface area contributed by atoms with E-state index in [0.717, 1.165) is 19.0 Å². The molecule has 0 aromatic heterocycles. The highest BCUT2D eigenvalue weighted by molar-refractivity contribution is 4.68. The van der Waals surface area contributed by atoms with Crippen LogP contribution in [0.1, 0.15) is 34.6 Å². The Bertz CT molecular complexity index is 98.4. The monoisotopic (exact) mass is 172 g/mol. The van der Waals surface area contributed by atoms with Gasteiger partial charge in [0.15, 0.2) is 0 Å². The maximum absolute atomic E-state index is 5.77. The molecule has 0 amide bonds. The van der Waals surface area contributed by atoms with Crippen molar-refractivity contribution in [1.29, 1.82) is 0 Å². The molecule has 2 N–H and O–H groups in total.